The van der Waals surface area contributed by atoms with E-state index >= 15 is 0 Å². The lowest BCUT2D eigenvalue weighted by molar-refractivity contribution is 0.240. The molecule has 160 valence electrons. The summed E-state index contributed by atoms with van der Waals surface area (Å²) < 4.78 is 0. The number of pyridine rings is 1. The van der Waals surface area contributed by atoms with Crippen LogP contribution in [0.1, 0.15) is 49.8 Å². The highest BCUT2D eigenvalue weighted by atomic mass is 35.5. The lowest BCUT2D eigenvalue weighted by atomic mass is 9.92. The van der Waals surface area contributed by atoms with Crippen LogP contribution >= 0.6 is 11.6 Å². The number of aromatic nitrogens is 1. The van der Waals surface area contributed by atoms with Crippen molar-refractivity contribution in [3.05, 3.63) is 64.9 Å². The van der Waals surface area contributed by atoms with Crippen LogP contribution in [0, 0.1) is 0 Å². The zero-order valence-electron chi connectivity index (χ0n) is 17.4. The minimum Gasteiger partial charge on any atom is -0.372 e. The first-order valence-corrected chi connectivity index (χ1v) is 11.0. The van der Waals surface area contributed by atoms with E-state index in [1.807, 2.05) is 42.5 Å². The Morgan fingerprint density at radius 1 is 1.13 bits per heavy atom. The number of benzene rings is 1. The number of rotatable bonds is 10. The van der Waals surface area contributed by atoms with Crippen molar-refractivity contribution in [2.75, 3.05) is 13.1 Å². The lowest BCUT2D eigenvalue weighted by Gasteiger charge is -2.18. The van der Waals surface area contributed by atoms with E-state index in [1.165, 1.54) is 0 Å². The third-order valence-electron chi connectivity index (χ3n) is 5.43. The number of urea groups is 1. The van der Waals surface area contributed by atoms with Crippen LogP contribution in [0.25, 0.3) is 0 Å². The number of hydrogen-bond acceptors (Lipinski definition) is 4. The summed E-state index contributed by atoms with van der Waals surface area (Å²) in [6, 6.07) is 14.4. The number of nitrogens with one attached hydrogen (secondary N) is 3. The van der Waals surface area contributed by atoms with Crippen molar-refractivity contribution in [3.63, 3.8) is 0 Å². The molecule has 1 aromatic heterocycles. The molecule has 0 aliphatic carbocycles. The van der Waals surface area contributed by atoms with E-state index in [4.69, 9.17) is 11.6 Å². The number of halogens is 1. The summed E-state index contributed by atoms with van der Waals surface area (Å²) in [5, 5.41) is 9.82. The summed E-state index contributed by atoms with van der Waals surface area (Å²) in [5.74, 6) is 0.103. The van der Waals surface area contributed by atoms with Crippen LogP contribution in [0.2, 0.25) is 5.02 Å². The molecule has 3 atom stereocenters. The predicted molar refractivity (Wildman–Crippen MR) is 122 cm³/mol. The van der Waals surface area contributed by atoms with Crippen LogP contribution in [-0.2, 0) is 0 Å². The van der Waals surface area contributed by atoms with Gasteiger partial charge in [-0.15, -0.1) is 0 Å². The number of hydrogen-bond donors (Lipinski definition) is 3. The number of amides is 2. The summed E-state index contributed by atoms with van der Waals surface area (Å²) in [5.41, 5.74) is 2.12. The fourth-order valence-electron chi connectivity index (χ4n) is 3.66. The molecule has 1 aromatic carbocycles. The maximum atomic E-state index is 12.1. The van der Waals surface area contributed by atoms with Crippen LogP contribution in [-0.4, -0.2) is 42.5 Å². The normalized spacial score (nSPS) is 18.6. The molecule has 3 N–H and O–H groups in total. The van der Waals surface area contributed by atoms with E-state index < -0.39 is 0 Å². The minimum atomic E-state index is -0.125. The summed E-state index contributed by atoms with van der Waals surface area (Å²) >= 11 is 6.03. The van der Waals surface area contributed by atoms with Gasteiger partial charge in [-0.05, 0) is 62.4 Å². The molecule has 0 radical (unpaired) electrons. The molecule has 0 saturated heterocycles. The Morgan fingerprint density at radius 3 is 2.63 bits per heavy atom. The first-order chi connectivity index (χ1) is 14.6. The van der Waals surface area contributed by atoms with Crippen LogP contribution < -0.4 is 16.0 Å². The van der Waals surface area contributed by atoms with Crippen molar-refractivity contribution in [2.45, 2.75) is 50.6 Å². The van der Waals surface area contributed by atoms with Gasteiger partial charge in [0.1, 0.15) is 0 Å². The predicted octanol–water partition coefficient (Wildman–Crippen LogP) is 4.12. The second-order valence-corrected chi connectivity index (χ2v) is 8.06. The standard InChI is InChI=1S/C23H30ClN5O/c1-17-21(29-16-28-17)6-2-5-14-26-23(30)27-15-12-20(22-7-3-4-13-25-22)18-8-10-19(24)11-9-18/h3-4,7-11,13,16-17,20-21H,2,5-6,12,14-15H2,1H3,(H,28,29)(H2,26,27,30). The van der Waals surface area contributed by atoms with Crippen molar-refractivity contribution in [1.82, 2.24) is 20.9 Å². The number of unbranched alkanes of at least 4 members (excludes halogenated alkanes) is 1. The van der Waals surface area contributed by atoms with Crippen molar-refractivity contribution in [2.24, 2.45) is 4.99 Å². The average molecular weight is 428 g/mol. The first kappa shape index (κ1) is 22.1. The highest BCUT2D eigenvalue weighted by Gasteiger charge is 2.18. The fraction of sp³-hybridized carbons (Fsp3) is 0.435. The number of aliphatic imine (C=N–C) groups is 1. The number of nitrogens with zero attached hydrogens (tertiary/aromatic N) is 2. The number of carbonyl (C=O) groups excluding carboxylic acids is 1. The molecular weight excluding hydrogens is 398 g/mol. The highest BCUT2D eigenvalue weighted by molar-refractivity contribution is 6.30. The van der Waals surface area contributed by atoms with Crippen LogP contribution in [0.4, 0.5) is 4.79 Å². The zero-order valence-corrected chi connectivity index (χ0v) is 18.1. The maximum Gasteiger partial charge on any atom is 0.314 e. The van der Waals surface area contributed by atoms with Gasteiger partial charge in [-0.3, -0.25) is 9.98 Å². The van der Waals surface area contributed by atoms with Gasteiger partial charge in [-0.2, -0.15) is 0 Å². The Bertz CT molecular complexity index is 812. The molecule has 6 nitrogen and oxygen atoms in total. The third kappa shape index (κ3) is 6.73. The van der Waals surface area contributed by atoms with Crippen LogP contribution in [0.3, 0.4) is 0 Å². The molecule has 1 aliphatic rings. The smallest absolute Gasteiger partial charge is 0.314 e. The van der Waals surface area contributed by atoms with Gasteiger partial charge in [0.2, 0.25) is 0 Å². The van der Waals surface area contributed by atoms with E-state index in [0.717, 1.165) is 36.9 Å². The molecule has 2 amide bonds. The molecule has 2 aromatic rings. The quantitative estimate of drug-likeness (QED) is 0.499. The molecule has 0 fully saturated rings. The van der Waals surface area contributed by atoms with Gasteiger partial charge in [0.05, 0.1) is 12.4 Å². The molecule has 3 rings (SSSR count). The van der Waals surface area contributed by atoms with Crippen LogP contribution in [0.5, 0.6) is 0 Å². The monoisotopic (exact) mass is 427 g/mol. The second-order valence-electron chi connectivity index (χ2n) is 7.63. The van der Waals surface area contributed by atoms with Gasteiger partial charge in [0, 0.05) is 42.0 Å². The highest BCUT2D eigenvalue weighted by Crippen LogP contribution is 2.27. The van der Waals surface area contributed by atoms with Crippen LogP contribution in [0.15, 0.2) is 53.7 Å². The Balaban J connectivity index is 1.39. The summed E-state index contributed by atoms with van der Waals surface area (Å²) in [7, 11) is 0. The number of carbonyl (C=O) groups is 1. The van der Waals surface area contributed by atoms with Gasteiger partial charge in [-0.1, -0.05) is 29.8 Å². The topological polar surface area (TPSA) is 78.4 Å². The Hall–Kier alpha value is -2.60. The Morgan fingerprint density at radius 2 is 1.93 bits per heavy atom. The molecule has 7 heteroatoms. The molecular formula is C23H30ClN5O. The SMILES string of the molecule is CC1NC=NC1CCCCNC(=O)NCCC(c1ccc(Cl)cc1)c1ccccn1. The van der Waals surface area contributed by atoms with Crippen molar-refractivity contribution < 1.29 is 4.79 Å². The van der Waals surface area contributed by atoms with Crippen molar-refractivity contribution in [1.29, 1.82) is 0 Å². The average Bonchev–Trinajstić information content (AvgIpc) is 3.17. The van der Waals surface area contributed by atoms with Crippen molar-refractivity contribution >= 4 is 24.0 Å². The van der Waals surface area contributed by atoms with E-state index in [9.17, 15) is 4.79 Å². The summed E-state index contributed by atoms with van der Waals surface area (Å²) in [6.45, 7) is 3.38. The van der Waals surface area contributed by atoms with E-state index in [1.54, 1.807) is 12.5 Å². The zero-order chi connectivity index (χ0) is 21.2. The molecule has 0 bridgehead atoms. The van der Waals surface area contributed by atoms with Crippen molar-refractivity contribution in [3.8, 4) is 0 Å². The van der Waals surface area contributed by atoms with E-state index in [-0.39, 0.29) is 11.9 Å². The second kappa shape index (κ2) is 11.6. The summed E-state index contributed by atoms with van der Waals surface area (Å²) in [6.07, 6.45) is 7.40. The van der Waals surface area contributed by atoms with E-state index in [0.29, 0.717) is 30.2 Å². The Kier molecular flexibility index (Phi) is 8.51. The molecule has 30 heavy (non-hydrogen) atoms. The summed E-state index contributed by atoms with van der Waals surface area (Å²) in [4.78, 5) is 21.0. The third-order valence-corrected chi connectivity index (χ3v) is 5.68. The fourth-order valence-corrected chi connectivity index (χ4v) is 3.78. The molecule has 3 unspecified atom stereocenters. The van der Waals surface area contributed by atoms with Gasteiger partial charge in [0.15, 0.2) is 0 Å². The largest absolute Gasteiger partial charge is 0.372 e. The van der Waals surface area contributed by atoms with Gasteiger partial charge >= 0.3 is 6.03 Å². The molecule has 0 spiro atoms. The van der Waals surface area contributed by atoms with Gasteiger partial charge in [-0.25, -0.2) is 4.79 Å². The molecule has 1 aliphatic heterocycles. The maximum absolute atomic E-state index is 12.1. The molecule has 2 heterocycles. The minimum absolute atomic E-state index is 0.103. The van der Waals surface area contributed by atoms with Gasteiger partial charge < -0.3 is 16.0 Å². The van der Waals surface area contributed by atoms with Gasteiger partial charge in [0.25, 0.3) is 0 Å². The first-order valence-electron chi connectivity index (χ1n) is 10.6. The Labute approximate surface area is 183 Å². The van der Waals surface area contributed by atoms with E-state index in [2.05, 4.69) is 32.9 Å². The molecule has 0 saturated carbocycles. The lowest BCUT2D eigenvalue weighted by Crippen LogP contribution is -2.37.